The van der Waals surface area contributed by atoms with Gasteiger partial charge in [0.15, 0.2) is 0 Å². The summed E-state index contributed by atoms with van der Waals surface area (Å²) in [6, 6.07) is -9.46. The lowest BCUT2D eigenvalue weighted by Gasteiger charge is -2.32. The van der Waals surface area contributed by atoms with Crippen LogP contribution in [-0.2, 0) is 83.4 Å². The summed E-state index contributed by atoms with van der Waals surface area (Å²) < 4.78 is 0. The minimum atomic E-state index is -1.88. The number of rotatable bonds is 36. The molecule has 20 N–H and O–H groups in total. The zero-order valence-electron chi connectivity index (χ0n) is 65.8. The summed E-state index contributed by atoms with van der Waals surface area (Å²) in [5.41, 5.74) is 12.2. The molecule has 36 heteroatoms. The molecule has 2 saturated carbocycles. The highest BCUT2D eigenvalue weighted by Crippen LogP contribution is 2.30. The number of carboxylic acid groups (broad SMARTS) is 1. The Kier molecular flexibility index (Phi) is 42.9. The molecule has 0 saturated heterocycles. The SMILES string of the molecule is CCC[C@H](NC(=O)[C@@H](NC(=O)[C@@H](NC(=O)[C@H](CC1CCC(O)CC1)NC(=O)[C@@H]1CSCc2cccc(n2)CSC[C@H](NC(=O)[C@@H](NC(=O)[C@H](CCC)NC(=O)[C@H](CCCCN)NC(C)=O)[C@@H](C)CC)C(=O)N[C@@H](CC2CCC(O)CC2)C(=O)NCC(=O)NCC(=O)N[C@@H](CC(=O)O)C(=O)N1)[C@@H](C)CC)[C@@H](C)CC)C(N)=O. The van der Waals surface area contributed by atoms with Crippen LogP contribution in [0.4, 0.5) is 0 Å². The predicted octanol–water partition coefficient (Wildman–Crippen LogP) is -0.143. The number of pyridine rings is 1. The van der Waals surface area contributed by atoms with Crippen molar-refractivity contribution in [3.05, 3.63) is 29.6 Å². The minimum Gasteiger partial charge on any atom is -0.481 e. The lowest BCUT2D eigenvalue weighted by Crippen LogP contribution is -2.62. The van der Waals surface area contributed by atoms with E-state index in [2.05, 4.69) is 69.1 Å². The third-order valence-electron chi connectivity index (χ3n) is 20.6. The number of carbonyl (C=O) groups is 15. The second-order valence-corrected chi connectivity index (χ2v) is 31.7. The first-order valence-electron chi connectivity index (χ1n) is 39.3. The van der Waals surface area contributed by atoms with Gasteiger partial charge in [0.05, 0.1) is 43.1 Å². The number of unbranched alkanes of at least 4 members (excludes halogenated alkanes) is 1. The quantitative estimate of drug-likeness (QED) is 0.0389. The number of fused-ring (bicyclic) bond motifs is 2. The van der Waals surface area contributed by atoms with Crippen LogP contribution in [0.25, 0.3) is 0 Å². The van der Waals surface area contributed by atoms with Crippen molar-refractivity contribution in [1.82, 2.24) is 74.1 Å². The second-order valence-electron chi connectivity index (χ2n) is 29.7. The molecule has 0 radical (unpaired) electrons. The Morgan fingerprint density at radius 3 is 1.58 bits per heavy atom. The van der Waals surface area contributed by atoms with Crippen molar-refractivity contribution >= 4 is 112 Å². The number of hydrogen-bond donors (Lipinski definition) is 18. The van der Waals surface area contributed by atoms with Crippen molar-refractivity contribution < 1.29 is 87.2 Å². The van der Waals surface area contributed by atoms with Crippen molar-refractivity contribution in [1.29, 1.82) is 0 Å². The van der Waals surface area contributed by atoms with Crippen molar-refractivity contribution in [2.24, 2.45) is 41.1 Å². The molecule has 2 fully saturated rings. The van der Waals surface area contributed by atoms with Gasteiger partial charge in [-0.05, 0) is 145 Å². The van der Waals surface area contributed by atoms with Gasteiger partial charge in [0, 0.05) is 29.9 Å². The molecule has 0 spiro atoms. The highest BCUT2D eigenvalue weighted by Gasteiger charge is 2.40. The van der Waals surface area contributed by atoms with Crippen molar-refractivity contribution in [2.45, 2.75) is 287 Å². The van der Waals surface area contributed by atoms with Gasteiger partial charge in [-0.3, -0.25) is 76.9 Å². The van der Waals surface area contributed by atoms with Crippen LogP contribution in [0.3, 0.4) is 0 Å². The van der Waals surface area contributed by atoms with Crippen LogP contribution < -0.4 is 80.6 Å². The first-order chi connectivity index (χ1) is 52.7. The normalized spacial score (nSPS) is 23.4. The molecule has 2 heterocycles. The Bertz CT molecular complexity index is 3270. The van der Waals surface area contributed by atoms with E-state index in [1.165, 1.54) is 18.7 Å². The molecule has 14 amide bonds. The Hall–Kier alpha value is -8.22. The van der Waals surface area contributed by atoms with Crippen LogP contribution in [0.5, 0.6) is 0 Å². The number of thioether (sulfide) groups is 2. The number of aliphatic carboxylic acids is 1. The molecule has 3 aliphatic rings. The lowest BCUT2D eigenvalue weighted by molar-refractivity contribution is -0.141. The zero-order valence-corrected chi connectivity index (χ0v) is 67.4. The monoisotopic (exact) mass is 1600 g/mol. The highest BCUT2D eigenvalue weighted by atomic mass is 32.2. The maximum absolute atomic E-state index is 15.1. The third kappa shape index (κ3) is 33.9. The summed E-state index contributed by atoms with van der Waals surface area (Å²) in [5, 5.41) is 65.5. The van der Waals surface area contributed by atoms with E-state index in [4.69, 9.17) is 16.5 Å². The molecule has 1 aromatic heterocycles. The fourth-order valence-electron chi connectivity index (χ4n) is 13.3. The average molecular weight is 1600 g/mol. The maximum atomic E-state index is 15.1. The van der Waals surface area contributed by atoms with Gasteiger partial charge in [-0.15, -0.1) is 0 Å². The Labute approximate surface area is 659 Å². The lowest BCUT2D eigenvalue weighted by atomic mass is 9.83. The van der Waals surface area contributed by atoms with Crippen molar-refractivity contribution in [3.8, 4) is 0 Å². The summed E-state index contributed by atoms with van der Waals surface area (Å²) in [7, 11) is 0. The number of primary amides is 1. The van der Waals surface area contributed by atoms with Crippen LogP contribution in [-0.4, -0.2) is 219 Å². The van der Waals surface area contributed by atoms with Gasteiger partial charge in [-0.2, -0.15) is 23.5 Å². The van der Waals surface area contributed by atoms with E-state index >= 15 is 4.79 Å². The van der Waals surface area contributed by atoms with Crippen molar-refractivity contribution in [2.75, 3.05) is 31.1 Å². The Morgan fingerprint density at radius 2 is 1.04 bits per heavy atom. The molecule has 14 atom stereocenters. The third-order valence-corrected chi connectivity index (χ3v) is 22.7. The van der Waals surface area contributed by atoms with Crippen LogP contribution >= 0.6 is 23.5 Å². The fourth-order valence-corrected chi connectivity index (χ4v) is 15.2. The summed E-state index contributed by atoms with van der Waals surface area (Å²) in [5.74, 6) is -15.1. The van der Waals surface area contributed by atoms with Gasteiger partial charge in [-0.25, -0.2) is 0 Å². The minimum absolute atomic E-state index is 0.0113. The van der Waals surface area contributed by atoms with Gasteiger partial charge in [-0.1, -0.05) is 93.6 Å². The van der Waals surface area contributed by atoms with E-state index in [1.54, 1.807) is 59.7 Å². The number of nitrogens with two attached hydrogens (primary N) is 2. The molecule has 2 aliphatic carbocycles. The van der Waals surface area contributed by atoms with Gasteiger partial charge in [0.1, 0.15) is 66.5 Å². The van der Waals surface area contributed by atoms with Gasteiger partial charge in [0.25, 0.3) is 0 Å². The van der Waals surface area contributed by atoms with E-state index in [0.717, 1.165) is 11.8 Å². The fraction of sp³-hybridized carbons (Fsp3) is 0.733. The molecule has 111 heavy (non-hydrogen) atoms. The number of amides is 14. The summed E-state index contributed by atoms with van der Waals surface area (Å²) in [4.78, 5) is 214. The number of hydrogen-bond acceptors (Lipinski definition) is 21. The molecule has 1 aliphatic heterocycles. The number of nitrogens with one attached hydrogen (secondary N) is 13. The molecular weight excluding hydrogens is 1480 g/mol. The first-order valence-corrected chi connectivity index (χ1v) is 41.6. The molecule has 624 valence electrons. The molecular formula is C75H124N16O18S2. The van der Waals surface area contributed by atoms with Gasteiger partial charge >= 0.3 is 5.97 Å². The first kappa shape index (κ1) is 95.2. The number of aromatic nitrogens is 1. The van der Waals surface area contributed by atoms with Crippen LogP contribution in [0.1, 0.15) is 209 Å². The van der Waals surface area contributed by atoms with E-state index in [9.17, 15) is 82.4 Å². The van der Waals surface area contributed by atoms with Crippen molar-refractivity contribution in [3.63, 3.8) is 0 Å². The standard InChI is InChI=1S/C75H124N16O18S2/c1-10-18-51(65(77)99)83-73(107)63(42(7)13-4)91-75(109)64(43(8)14-5)90-70(104)55(33-46-25-29-50(94)30-26-46)86-71(105)57-39-110-37-47-20-17-21-48(81-47)38-111-40-58(88-74(108)62(41(6)12-3)89-68(102)52(19-11-2)84-67(101)53(80-44(9)92)22-15-16-31-76)72(106)85-54(32-45-23-27-49(93)28-24-45)66(100)79-35-59(95)78-36-60(96)82-56(34-61(97)98)69(103)87-57/h17,20-21,41-43,45-46,49-58,62-64,93-94H,10-16,18-19,22-40,76H2,1-9H3,(H2,77,99)(H,78,95)(H,79,100)(H,80,92)(H,82,96)(H,83,107)(H,84,101)(H,85,106)(H,86,105)(H,87,103)(H,88,108)(H,89,102)(H,90,104)(H,91,109)(H,97,98)/t41-,42-,43-,45?,46?,49?,50?,51-,52-,53-,54-,55-,56-,57-,58-,62-,63-,64-/m0/s1. The highest BCUT2D eigenvalue weighted by molar-refractivity contribution is 7.98. The predicted molar refractivity (Wildman–Crippen MR) is 417 cm³/mol. The molecule has 2 bridgehead atoms. The van der Waals surface area contributed by atoms with Gasteiger partial charge < -0.3 is 95.9 Å². The molecule has 4 rings (SSSR count). The number of aliphatic hydroxyl groups is 2. The molecule has 0 unspecified atom stereocenters. The molecule has 1 aromatic rings. The van der Waals surface area contributed by atoms with Gasteiger partial charge in [0.2, 0.25) is 82.7 Å². The Balaban J connectivity index is 1.76. The molecule has 34 nitrogen and oxygen atoms in total. The molecule has 0 aromatic carbocycles. The van der Waals surface area contributed by atoms with E-state index in [-0.39, 0.29) is 67.0 Å². The summed E-state index contributed by atoms with van der Waals surface area (Å²) >= 11 is 2.27. The van der Waals surface area contributed by atoms with Crippen LogP contribution in [0.2, 0.25) is 0 Å². The topological polar surface area (TPSA) is 538 Å². The average Bonchev–Trinajstić information content (AvgIpc) is 1.05. The van der Waals surface area contributed by atoms with Crippen LogP contribution in [0, 0.1) is 29.6 Å². The number of carboxylic acids is 1. The van der Waals surface area contributed by atoms with Crippen LogP contribution in [0.15, 0.2) is 18.2 Å². The zero-order chi connectivity index (χ0) is 82.4. The van der Waals surface area contributed by atoms with E-state index in [0.29, 0.717) is 114 Å². The van der Waals surface area contributed by atoms with E-state index in [1.807, 2.05) is 13.8 Å². The Morgan fingerprint density at radius 1 is 0.541 bits per heavy atom. The largest absolute Gasteiger partial charge is 0.481 e. The van der Waals surface area contributed by atoms with E-state index < -0.39 is 205 Å². The summed E-state index contributed by atoms with van der Waals surface area (Å²) in [6.07, 6.45) is 5.07. The summed E-state index contributed by atoms with van der Waals surface area (Å²) in [6.45, 7) is 14.2. The number of nitrogens with zero attached hydrogens (tertiary/aromatic N) is 1. The maximum Gasteiger partial charge on any atom is 0.305 e. The number of carbonyl (C=O) groups excluding carboxylic acids is 14. The smallest absolute Gasteiger partial charge is 0.305 e. The number of aliphatic hydroxyl groups excluding tert-OH is 2. The second kappa shape index (κ2) is 50.0.